The number of carbonyl (C=O) groups is 2. The Morgan fingerprint density at radius 3 is 2.47 bits per heavy atom. The summed E-state index contributed by atoms with van der Waals surface area (Å²) in [6.07, 6.45) is 2.35. The second-order valence-electron chi connectivity index (χ2n) is 4.31. The molecule has 106 valence electrons. The van der Waals surface area contributed by atoms with Gasteiger partial charge in [0, 0.05) is 31.3 Å². The fourth-order valence-electron chi connectivity index (χ4n) is 1.76. The average Bonchev–Trinajstić information content (AvgIpc) is 2.88. The van der Waals surface area contributed by atoms with Crippen molar-refractivity contribution < 1.29 is 9.59 Å². The number of rotatable bonds is 8. The van der Waals surface area contributed by atoms with Crippen LogP contribution in [0.15, 0.2) is 11.4 Å². The van der Waals surface area contributed by atoms with E-state index in [1.54, 1.807) is 11.4 Å². The van der Waals surface area contributed by atoms with E-state index in [9.17, 15) is 9.59 Å². The molecule has 1 aromatic heterocycles. The van der Waals surface area contributed by atoms with Gasteiger partial charge in [-0.2, -0.15) is 4.37 Å². The standard InChI is InChI=1S/C13H21N3O2S/c1-3-8-16(9-4-2)13(18)6-5-12(17)14-11-7-10-19-15-11/h7,10H,3-6,8-9H2,1-2H3,(H,14,15,17). The van der Waals surface area contributed by atoms with Crippen LogP contribution in [0.25, 0.3) is 0 Å². The summed E-state index contributed by atoms with van der Waals surface area (Å²) in [7, 11) is 0. The maximum atomic E-state index is 12.0. The molecule has 6 heteroatoms. The molecule has 0 spiro atoms. The molecule has 1 aromatic rings. The molecule has 0 aliphatic heterocycles. The first-order valence-corrected chi connectivity index (χ1v) is 7.49. The minimum Gasteiger partial charge on any atom is -0.343 e. The predicted molar refractivity (Wildman–Crippen MR) is 77.1 cm³/mol. The van der Waals surface area contributed by atoms with Crippen molar-refractivity contribution >= 4 is 29.2 Å². The van der Waals surface area contributed by atoms with E-state index in [1.165, 1.54) is 11.5 Å². The molecule has 0 aromatic carbocycles. The Balaban J connectivity index is 2.33. The lowest BCUT2D eigenvalue weighted by molar-refractivity contribution is -0.133. The zero-order valence-corrected chi connectivity index (χ0v) is 12.3. The molecule has 1 heterocycles. The Kier molecular flexibility index (Phi) is 7.10. The van der Waals surface area contributed by atoms with Gasteiger partial charge in [0.25, 0.3) is 0 Å². The van der Waals surface area contributed by atoms with Crippen molar-refractivity contribution in [1.29, 1.82) is 0 Å². The molecule has 0 saturated carbocycles. The lowest BCUT2D eigenvalue weighted by Gasteiger charge is -2.21. The summed E-state index contributed by atoms with van der Waals surface area (Å²) in [5.74, 6) is 0.450. The van der Waals surface area contributed by atoms with Gasteiger partial charge >= 0.3 is 0 Å². The number of hydrogen-bond donors (Lipinski definition) is 1. The van der Waals surface area contributed by atoms with Crippen molar-refractivity contribution in [1.82, 2.24) is 9.27 Å². The summed E-state index contributed by atoms with van der Waals surface area (Å²) in [5.41, 5.74) is 0. The van der Waals surface area contributed by atoms with Gasteiger partial charge in [-0.1, -0.05) is 13.8 Å². The second kappa shape index (κ2) is 8.63. The molecule has 2 amide bonds. The highest BCUT2D eigenvalue weighted by Crippen LogP contribution is 2.07. The smallest absolute Gasteiger partial charge is 0.226 e. The molecule has 19 heavy (non-hydrogen) atoms. The van der Waals surface area contributed by atoms with E-state index in [0.29, 0.717) is 5.82 Å². The van der Waals surface area contributed by atoms with Gasteiger partial charge in [-0.25, -0.2) is 0 Å². The zero-order valence-electron chi connectivity index (χ0n) is 11.5. The van der Waals surface area contributed by atoms with E-state index in [4.69, 9.17) is 0 Å². The molecule has 0 fully saturated rings. The van der Waals surface area contributed by atoms with Crippen LogP contribution in [0.2, 0.25) is 0 Å². The molecule has 5 nitrogen and oxygen atoms in total. The molecule has 0 aliphatic rings. The first-order chi connectivity index (χ1) is 9.17. The Bertz CT molecular complexity index is 387. The van der Waals surface area contributed by atoms with Crippen LogP contribution in [-0.4, -0.2) is 34.2 Å². The molecule has 1 rings (SSSR count). The maximum Gasteiger partial charge on any atom is 0.226 e. The molecular formula is C13H21N3O2S. The summed E-state index contributed by atoms with van der Waals surface area (Å²) in [6.45, 7) is 5.62. The third kappa shape index (κ3) is 5.83. The van der Waals surface area contributed by atoms with Crippen molar-refractivity contribution in [3.8, 4) is 0 Å². The van der Waals surface area contributed by atoms with Crippen LogP contribution in [0.3, 0.4) is 0 Å². The molecular weight excluding hydrogens is 262 g/mol. The fraction of sp³-hybridized carbons (Fsp3) is 0.615. The SMILES string of the molecule is CCCN(CCC)C(=O)CCC(=O)Nc1ccsn1. The highest BCUT2D eigenvalue weighted by Gasteiger charge is 2.13. The highest BCUT2D eigenvalue weighted by molar-refractivity contribution is 7.03. The number of aromatic nitrogens is 1. The third-order valence-electron chi connectivity index (χ3n) is 2.61. The monoisotopic (exact) mass is 283 g/mol. The van der Waals surface area contributed by atoms with Gasteiger partial charge in [-0.15, -0.1) is 0 Å². The summed E-state index contributed by atoms with van der Waals surface area (Å²) in [6, 6.07) is 1.74. The lowest BCUT2D eigenvalue weighted by atomic mass is 10.2. The lowest BCUT2D eigenvalue weighted by Crippen LogP contribution is -2.33. The minimum absolute atomic E-state index is 0.0529. The van der Waals surface area contributed by atoms with Crippen LogP contribution in [0.4, 0.5) is 5.82 Å². The van der Waals surface area contributed by atoms with Crippen molar-refractivity contribution in [2.24, 2.45) is 0 Å². The number of carbonyl (C=O) groups excluding carboxylic acids is 2. The number of nitrogens with one attached hydrogen (secondary N) is 1. The topological polar surface area (TPSA) is 62.3 Å². The largest absolute Gasteiger partial charge is 0.343 e. The summed E-state index contributed by atoms with van der Waals surface area (Å²) >= 11 is 1.28. The third-order valence-corrected chi connectivity index (χ3v) is 3.17. The van der Waals surface area contributed by atoms with Crippen molar-refractivity contribution in [3.63, 3.8) is 0 Å². The van der Waals surface area contributed by atoms with Gasteiger partial charge in [0.15, 0.2) is 0 Å². The van der Waals surface area contributed by atoms with Crippen molar-refractivity contribution in [3.05, 3.63) is 11.4 Å². The summed E-state index contributed by atoms with van der Waals surface area (Å²) in [5, 5.41) is 4.47. The maximum absolute atomic E-state index is 12.0. The molecule has 0 unspecified atom stereocenters. The Morgan fingerprint density at radius 2 is 1.95 bits per heavy atom. The first kappa shape index (κ1) is 15.6. The van der Waals surface area contributed by atoms with Crippen molar-refractivity contribution in [2.45, 2.75) is 39.5 Å². The van der Waals surface area contributed by atoms with Gasteiger partial charge in [0.2, 0.25) is 11.8 Å². The molecule has 0 atom stereocenters. The molecule has 0 radical (unpaired) electrons. The normalized spacial score (nSPS) is 10.2. The quantitative estimate of drug-likeness (QED) is 0.797. The Labute approximate surface area is 118 Å². The highest BCUT2D eigenvalue weighted by atomic mass is 32.1. The van der Waals surface area contributed by atoms with E-state index in [0.717, 1.165) is 25.9 Å². The van der Waals surface area contributed by atoms with E-state index >= 15 is 0 Å². The van der Waals surface area contributed by atoms with Gasteiger partial charge in [0.1, 0.15) is 5.82 Å². The second-order valence-corrected chi connectivity index (χ2v) is 4.98. The van der Waals surface area contributed by atoms with Crippen LogP contribution in [-0.2, 0) is 9.59 Å². The minimum atomic E-state index is -0.160. The van der Waals surface area contributed by atoms with Crippen LogP contribution in [0.1, 0.15) is 39.5 Å². The van der Waals surface area contributed by atoms with E-state index in [-0.39, 0.29) is 24.7 Å². The van der Waals surface area contributed by atoms with Crippen molar-refractivity contribution in [2.75, 3.05) is 18.4 Å². The summed E-state index contributed by atoms with van der Waals surface area (Å²) < 4.78 is 3.99. The molecule has 1 N–H and O–H groups in total. The number of anilines is 1. The van der Waals surface area contributed by atoms with Gasteiger partial charge < -0.3 is 10.2 Å². The van der Waals surface area contributed by atoms with E-state index in [1.807, 2.05) is 18.7 Å². The van der Waals surface area contributed by atoms with E-state index in [2.05, 4.69) is 9.69 Å². The van der Waals surface area contributed by atoms with Crippen LogP contribution in [0, 0.1) is 0 Å². The first-order valence-electron chi connectivity index (χ1n) is 6.65. The van der Waals surface area contributed by atoms with Gasteiger partial charge in [0.05, 0.1) is 0 Å². The van der Waals surface area contributed by atoms with E-state index < -0.39 is 0 Å². The predicted octanol–water partition coefficient (Wildman–Crippen LogP) is 2.51. The molecule has 0 bridgehead atoms. The average molecular weight is 283 g/mol. The number of nitrogens with zero attached hydrogens (tertiary/aromatic N) is 2. The number of hydrogen-bond acceptors (Lipinski definition) is 4. The molecule has 0 saturated heterocycles. The number of amides is 2. The van der Waals surface area contributed by atoms with Crippen LogP contribution >= 0.6 is 11.5 Å². The summed E-state index contributed by atoms with van der Waals surface area (Å²) in [4.78, 5) is 25.4. The Hall–Kier alpha value is -1.43. The molecule has 0 aliphatic carbocycles. The van der Waals surface area contributed by atoms with Crippen LogP contribution in [0.5, 0.6) is 0 Å². The zero-order chi connectivity index (χ0) is 14.1. The van der Waals surface area contributed by atoms with Gasteiger partial charge in [-0.05, 0) is 30.4 Å². The van der Waals surface area contributed by atoms with Crippen LogP contribution < -0.4 is 5.32 Å². The Morgan fingerprint density at radius 1 is 1.26 bits per heavy atom. The van der Waals surface area contributed by atoms with Gasteiger partial charge in [-0.3, -0.25) is 9.59 Å². The fourth-order valence-corrected chi connectivity index (χ4v) is 2.23.